The molecule has 2 heteroatoms. The molecule has 2 nitrogen and oxygen atoms in total. The van der Waals surface area contributed by atoms with Gasteiger partial charge in [0.05, 0.1) is 5.41 Å². The van der Waals surface area contributed by atoms with E-state index < -0.39 is 5.41 Å². The smallest absolute Gasteiger partial charge is 0.0713 e. The lowest BCUT2D eigenvalue weighted by molar-refractivity contribution is 0.768. The van der Waals surface area contributed by atoms with Crippen LogP contribution in [-0.4, -0.2) is 9.97 Å². The SMILES string of the molecule is c1ccc(C2(c3ccccc3)c3ccccc3-c3c(-c4cc(-c5cccc(-c6cccc(-c7ccncc7)c6)c5)cc(-c5cccc(-c6cccc(-c7ccncc7)c6)c5)c4)cccc32)cc1. The fraction of sp³-hybridized carbons (Fsp3) is 0.0154. The molecule has 0 saturated heterocycles. The molecule has 0 atom stereocenters. The van der Waals surface area contributed by atoms with E-state index in [9.17, 15) is 0 Å². The van der Waals surface area contributed by atoms with Crippen molar-refractivity contribution in [3.63, 3.8) is 0 Å². The molecule has 0 saturated carbocycles. The molecule has 0 N–H and O–H groups in total. The van der Waals surface area contributed by atoms with Crippen LogP contribution in [0.1, 0.15) is 22.3 Å². The Balaban J connectivity index is 1.06. The molecular weight excluding hydrogens is 809 g/mol. The average molecular weight is 853 g/mol. The van der Waals surface area contributed by atoms with Gasteiger partial charge >= 0.3 is 0 Å². The van der Waals surface area contributed by atoms with Crippen molar-refractivity contribution >= 4 is 0 Å². The van der Waals surface area contributed by atoms with Gasteiger partial charge in [-0.3, -0.25) is 9.97 Å². The van der Waals surface area contributed by atoms with Crippen molar-refractivity contribution < 1.29 is 0 Å². The molecule has 67 heavy (non-hydrogen) atoms. The first-order chi connectivity index (χ1) is 33.2. The molecule has 0 amide bonds. The summed E-state index contributed by atoms with van der Waals surface area (Å²) in [6.45, 7) is 0. The van der Waals surface area contributed by atoms with Gasteiger partial charge in [-0.25, -0.2) is 0 Å². The van der Waals surface area contributed by atoms with Gasteiger partial charge in [0.15, 0.2) is 0 Å². The summed E-state index contributed by atoms with van der Waals surface area (Å²) in [5.41, 5.74) is 23.5. The van der Waals surface area contributed by atoms with Crippen LogP contribution in [-0.2, 0) is 5.41 Å². The highest BCUT2D eigenvalue weighted by Crippen LogP contribution is 2.58. The number of nitrogens with zero attached hydrogens (tertiary/aromatic N) is 2. The molecule has 314 valence electrons. The third-order valence-electron chi connectivity index (χ3n) is 13.5. The van der Waals surface area contributed by atoms with Gasteiger partial charge in [-0.05, 0) is 178 Å². The van der Waals surface area contributed by atoms with E-state index in [1.165, 1.54) is 77.9 Å². The van der Waals surface area contributed by atoms with Gasteiger partial charge in [-0.2, -0.15) is 0 Å². The molecule has 0 radical (unpaired) electrons. The van der Waals surface area contributed by atoms with Gasteiger partial charge in [0.1, 0.15) is 0 Å². The first-order valence-corrected chi connectivity index (χ1v) is 22.9. The number of rotatable bonds is 9. The summed E-state index contributed by atoms with van der Waals surface area (Å²) in [5, 5.41) is 0. The first-order valence-electron chi connectivity index (χ1n) is 22.9. The topological polar surface area (TPSA) is 25.8 Å². The molecule has 12 rings (SSSR count). The third kappa shape index (κ3) is 7.17. The number of aromatic nitrogens is 2. The molecule has 0 bridgehead atoms. The second kappa shape index (κ2) is 17.0. The zero-order valence-corrected chi connectivity index (χ0v) is 36.8. The number of pyridine rings is 2. The van der Waals surface area contributed by atoms with Gasteiger partial charge in [0.25, 0.3) is 0 Å². The van der Waals surface area contributed by atoms with Gasteiger partial charge in [-0.15, -0.1) is 0 Å². The summed E-state index contributed by atoms with van der Waals surface area (Å²) >= 11 is 0. The minimum atomic E-state index is -0.497. The van der Waals surface area contributed by atoms with Crippen molar-refractivity contribution in [1.82, 2.24) is 9.97 Å². The predicted molar refractivity (Wildman–Crippen MR) is 277 cm³/mol. The van der Waals surface area contributed by atoms with Gasteiger partial charge < -0.3 is 0 Å². The molecule has 1 aliphatic carbocycles. The molecule has 2 heterocycles. The Hall–Kier alpha value is -8.72. The van der Waals surface area contributed by atoms with E-state index in [4.69, 9.17) is 0 Å². The summed E-state index contributed by atoms with van der Waals surface area (Å²) in [6.07, 6.45) is 7.42. The van der Waals surface area contributed by atoms with E-state index in [0.29, 0.717) is 0 Å². The zero-order chi connectivity index (χ0) is 44.6. The van der Waals surface area contributed by atoms with E-state index >= 15 is 0 Å². The molecule has 0 spiro atoms. The number of hydrogen-bond donors (Lipinski definition) is 0. The lowest BCUT2D eigenvalue weighted by Crippen LogP contribution is -2.28. The molecular formula is C65H44N2. The van der Waals surface area contributed by atoms with Crippen molar-refractivity contribution in [2.24, 2.45) is 0 Å². The second-order valence-corrected chi connectivity index (χ2v) is 17.3. The third-order valence-corrected chi connectivity index (χ3v) is 13.5. The van der Waals surface area contributed by atoms with Crippen LogP contribution in [0, 0.1) is 0 Å². The Labute approximate surface area is 392 Å². The maximum Gasteiger partial charge on any atom is 0.0713 e. The number of hydrogen-bond acceptors (Lipinski definition) is 2. The van der Waals surface area contributed by atoms with Crippen LogP contribution < -0.4 is 0 Å². The molecule has 2 aromatic heterocycles. The summed E-state index contributed by atoms with van der Waals surface area (Å²) < 4.78 is 0. The minimum Gasteiger partial charge on any atom is -0.265 e. The molecule has 0 fully saturated rings. The van der Waals surface area contributed by atoms with Crippen LogP contribution >= 0.6 is 0 Å². The average Bonchev–Trinajstić information content (AvgIpc) is 3.73. The summed E-state index contributed by atoms with van der Waals surface area (Å²) in [7, 11) is 0. The lowest BCUT2D eigenvalue weighted by atomic mass is 9.67. The largest absolute Gasteiger partial charge is 0.265 e. The summed E-state index contributed by atoms with van der Waals surface area (Å²) in [5.74, 6) is 0. The minimum absolute atomic E-state index is 0.497. The van der Waals surface area contributed by atoms with Crippen molar-refractivity contribution in [3.05, 3.63) is 290 Å². The Morgan fingerprint density at radius 3 is 1.01 bits per heavy atom. The highest BCUT2D eigenvalue weighted by molar-refractivity contribution is 5.97. The fourth-order valence-corrected chi connectivity index (χ4v) is 10.5. The van der Waals surface area contributed by atoms with Crippen LogP contribution in [0.5, 0.6) is 0 Å². The van der Waals surface area contributed by atoms with Gasteiger partial charge in [0, 0.05) is 24.8 Å². The second-order valence-electron chi connectivity index (χ2n) is 17.3. The molecule has 0 unspecified atom stereocenters. The predicted octanol–water partition coefficient (Wildman–Crippen LogP) is 16.5. The fourth-order valence-electron chi connectivity index (χ4n) is 10.5. The maximum atomic E-state index is 4.25. The van der Waals surface area contributed by atoms with E-state index in [-0.39, 0.29) is 0 Å². The molecule has 0 aliphatic heterocycles. The van der Waals surface area contributed by atoms with Gasteiger partial charge in [-0.1, -0.05) is 176 Å². The van der Waals surface area contributed by atoms with Crippen LogP contribution in [0.4, 0.5) is 0 Å². The Kier molecular flexibility index (Phi) is 10.1. The quantitative estimate of drug-likeness (QED) is 0.145. The Morgan fingerprint density at radius 1 is 0.224 bits per heavy atom. The normalized spacial score (nSPS) is 12.3. The summed E-state index contributed by atoms with van der Waals surface area (Å²) in [4.78, 5) is 8.50. The van der Waals surface area contributed by atoms with Crippen LogP contribution in [0.25, 0.3) is 89.0 Å². The lowest BCUT2D eigenvalue weighted by Gasteiger charge is -2.34. The van der Waals surface area contributed by atoms with E-state index in [0.717, 1.165) is 33.4 Å². The number of fused-ring (bicyclic) bond motifs is 3. The highest BCUT2D eigenvalue weighted by Gasteiger charge is 2.46. The van der Waals surface area contributed by atoms with Crippen molar-refractivity contribution in [2.45, 2.75) is 5.41 Å². The Bertz CT molecular complexity index is 3380. The first kappa shape index (κ1) is 39.8. The standard InChI is InChI=1S/C65H44N2/c1-3-22-58(23-4-1)65(59-24-5-2-6-25-59)62-28-8-7-26-61(62)64-60(27-13-29-63(64)65)57-43-55(53-20-11-18-51(40-53)49-16-9-14-47(38-49)45-30-34-66-35-31-45)42-56(44-57)54-21-12-19-52(41-54)50-17-10-15-48(39-50)46-32-36-67-37-33-46/h1-44H. The monoisotopic (exact) mass is 852 g/mol. The molecule has 11 aromatic rings. The van der Waals surface area contributed by atoms with Crippen LogP contribution in [0.2, 0.25) is 0 Å². The summed E-state index contributed by atoms with van der Waals surface area (Å²) in [6, 6.07) is 89.2. The van der Waals surface area contributed by atoms with Crippen molar-refractivity contribution in [3.8, 4) is 89.0 Å². The number of benzene rings is 9. The van der Waals surface area contributed by atoms with E-state index in [1.807, 2.05) is 24.8 Å². The van der Waals surface area contributed by atoms with Crippen LogP contribution in [0.15, 0.2) is 267 Å². The zero-order valence-electron chi connectivity index (χ0n) is 36.8. The van der Waals surface area contributed by atoms with Crippen LogP contribution in [0.3, 0.4) is 0 Å². The van der Waals surface area contributed by atoms with Crippen molar-refractivity contribution in [1.29, 1.82) is 0 Å². The Morgan fingerprint density at radius 2 is 0.552 bits per heavy atom. The van der Waals surface area contributed by atoms with Gasteiger partial charge in [0.2, 0.25) is 0 Å². The highest BCUT2D eigenvalue weighted by atomic mass is 14.6. The molecule has 9 aromatic carbocycles. The van der Waals surface area contributed by atoms with E-state index in [1.54, 1.807) is 0 Å². The molecule has 1 aliphatic rings. The maximum absolute atomic E-state index is 4.25. The van der Waals surface area contributed by atoms with E-state index in [2.05, 4.69) is 253 Å². The van der Waals surface area contributed by atoms with Crippen molar-refractivity contribution in [2.75, 3.05) is 0 Å².